The van der Waals surface area contributed by atoms with E-state index in [0.717, 1.165) is 39.1 Å². The number of hydrogen-bond acceptors (Lipinski definition) is 4. The second kappa shape index (κ2) is 8.92. The van der Waals surface area contributed by atoms with Crippen LogP contribution in [0, 0.1) is 6.92 Å². The largest absolute Gasteiger partial charge is 0.496 e. The summed E-state index contributed by atoms with van der Waals surface area (Å²) in [4.78, 5) is 10.8. The summed E-state index contributed by atoms with van der Waals surface area (Å²) >= 11 is 0. The number of ether oxygens (including phenoxy) is 2. The van der Waals surface area contributed by atoms with Crippen LogP contribution in [0.1, 0.15) is 17.5 Å². The Morgan fingerprint density at radius 1 is 1.06 bits per heavy atom. The molecule has 0 aliphatic rings. The monoisotopic (exact) mass is 416 g/mol. The molecule has 4 rings (SSSR count). The lowest BCUT2D eigenvalue weighted by Gasteiger charge is -2.11. The van der Waals surface area contributed by atoms with Gasteiger partial charge in [-0.2, -0.15) is 5.10 Å². The number of rotatable bonds is 8. The van der Waals surface area contributed by atoms with Crippen molar-refractivity contribution >= 4 is 16.9 Å². The lowest BCUT2D eigenvalue weighted by molar-refractivity contribution is -0.137. The number of benzene rings is 3. The Labute approximate surface area is 180 Å². The van der Waals surface area contributed by atoms with Crippen molar-refractivity contribution in [2.75, 3.05) is 7.11 Å². The molecule has 0 fully saturated rings. The first-order chi connectivity index (χ1) is 15.0. The highest BCUT2D eigenvalue weighted by atomic mass is 16.5. The van der Waals surface area contributed by atoms with E-state index in [-0.39, 0.29) is 6.42 Å². The number of carbonyl (C=O) groups is 1. The van der Waals surface area contributed by atoms with E-state index >= 15 is 0 Å². The van der Waals surface area contributed by atoms with Crippen LogP contribution in [0.15, 0.2) is 66.9 Å². The molecule has 3 aromatic carbocycles. The third kappa shape index (κ3) is 4.69. The molecule has 6 nitrogen and oxygen atoms in total. The van der Waals surface area contributed by atoms with E-state index in [4.69, 9.17) is 14.6 Å². The van der Waals surface area contributed by atoms with E-state index < -0.39 is 5.97 Å². The van der Waals surface area contributed by atoms with Crippen molar-refractivity contribution in [2.24, 2.45) is 0 Å². The third-order valence-corrected chi connectivity index (χ3v) is 5.18. The molecule has 0 saturated carbocycles. The molecule has 0 spiro atoms. The van der Waals surface area contributed by atoms with Crippen LogP contribution in [-0.2, 0) is 17.9 Å². The second-order valence-corrected chi connectivity index (χ2v) is 7.42. The fraction of sp³-hybridized carbons (Fsp3) is 0.200. The normalized spacial score (nSPS) is 10.9. The molecule has 0 radical (unpaired) electrons. The molecule has 6 heteroatoms. The quantitative estimate of drug-likeness (QED) is 0.434. The van der Waals surface area contributed by atoms with Crippen LogP contribution in [-0.4, -0.2) is 28.0 Å². The summed E-state index contributed by atoms with van der Waals surface area (Å²) in [6.45, 7) is 2.86. The Bertz CT molecular complexity index is 1210. The minimum absolute atomic E-state index is 0.0411. The van der Waals surface area contributed by atoms with Gasteiger partial charge in [0.2, 0.25) is 0 Å². The third-order valence-electron chi connectivity index (χ3n) is 5.18. The molecule has 158 valence electrons. The van der Waals surface area contributed by atoms with E-state index in [9.17, 15) is 4.79 Å². The van der Waals surface area contributed by atoms with Gasteiger partial charge < -0.3 is 14.6 Å². The average Bonchev–Trinajstić information content (AvgIpc) is 3.19. The molecule has 0 atom stereocenters. The smallest absolute Gasteiger partial charge is 0.305 e. The average molecular weight is 416 g/mol. The van der Waals surface area contributed by atoms with Gasteiger partial charge in [-0.05, 0) is 48.4 Å². The fourth-order valence-corrected chi connectivity index (χ4v) is 3.53. The minimum atomic E-state index is -0.838. The van der Waals surface area contributed by atoms with Gasteiger partial charge >= 0.3 is 5.97 Å². The summed E-state index contributed by atoms with van der Waals surface area (Å²) in [7, 11) is 1.68. The number of carboxylic acid groups (broad SMARTS) is 1. The zero-order valence-electron chi connectivity index (χ0n) is 17.5. The van der Waals surface area contributed by atoms with Crippen LogP contribution in [0.2, 0.25) is 0 Å². The van der Waals surface area contributed by atoms with Crippen LogP contribution in [0.3, 0.4) is 0 Å². The summed E-state index contributed by atoms with van der Waals surface area (Å²) < 4.78 is 13.2. The zero-order chi connectivity index (χ0) is 21.8. The Morgan fingerprint density at radius 2 is 1.87 bits per heavy atom. The van der Waals surface area contributed by atoms with Crippen molar-refractivity contribution in [3.63, 3.8) is 0 Å². The van der Waals surface area contributed by atoms with E-state index in [2.05, 4.69) is 42.4 Å². The SMILES string of the molecule is COc1ccc(C)cc1-c1ccc(COc2ccc3c(cnn3CCC(=O)O)c2)cc1. The van der Waals surface area contributed by atoms with Crippen molar-refractivity contribution in [3.8, 4) is 22.6 Å². The first kappa shape index (κ1) is 20.5. The van der Waals surface area contributed by atoms with Crippen LogP contribution in [0.25, 0.3) is 22.0 Å². The molecular formula is C25H24N2O4. The van der Waals surface area contributed by atoms with Crippen molar-refractivity contribution in [3.05, 3.63) is 78.0 Å². The molecule has 1 aromatic heterocycles. The van der Waals surface area contributed by atoms with E-state index in [1.54, 1.807) is 18.0 Å². The Morgan fingerprint density at radius 3 is 2.61 bits per heavy atom. The van der Waals surface area contributed by atoms with E-state index in [1.807, 2.05) is 30.3 Å². The number of hydrogen-bond donors (Lipinski definition) is 1. The maximum atomic E-state index is 10.8. The standard InChI is InChI=1S/C25H24N2O4/c1-17-3-10-24(30-2)22(13-17)19-6-4-18(5-7-19)16-31-21-8-9-23-20(14-21)15-26-27(23)12-11-25(28)29/h3-10,13-15H,11-12,16H2,1-2H3,(H,28,29). The lowest BCUT2D eigenvalue weighted by atomic mass is 10.0. The topological polar surface area (TPSA) is 73.6 Å². The maximum Gasteiger partial charge on any atom is 0.305 e. The van der Waals surface area contributed by atoms with Gasteiger partial charge in [0.1, 0.15) is 18.1 Å². The van der Waals surface area contributed by atoms with Crippen LogP contribution >= 0.6 is 0 Å². The van der Waals surface area contributed by atoms with Crippen LogP contribution in [0.4, 0.5) is 0 Å². The summed E-state index contributed by atoms with van der Waals surface area (Å²) in [5.41, 5.74) is 5.31. The number of methoxy groups -OCH3 is 1. The molecule has 4 aromatic rings. The van der Waals surface area contributed by atoms with Gasteiger partial charge in [-0.3, -0.25) is 9.48 Å². The van der Waals surface area contributed by atoms with Gasteiger partial charge in [0.05, 0.1) is 31.8 Å². The van der Waals surface area contributed by atoms with Crippen molar-refractivity contribution in [1.82, 2.24) is 9.78 Å². The summed E-state index contributed by atoms with van der Waals surface area (Å²) in [6.07, 6.45) is 1.77. The van der Waals surface area contributed by atoms with Crippen molar-refractivity contribution in [2.45, 2.75) is 26.5 Å². The van der Waals surface area contributed by atoms with Gasteiger partial charge in [-0.15, -0.1) is 0 Å². The molecule has 1 heterocycles. The van der Waals surface area contributed by atoms with Gasteiger partial charge in [0.15, 0.2) is 0 Å². The van der Waals surface area contributed by atoms with Crippen LogP contribution in [0.5, 0.6) is 11.5 Å². The summed E-state index contributed by atoms with van der Waals surface area (Å²) in [6, 6.07) is 20.1. The highest BCUT2D eigenvalue weighted by Crippen LogP contribution is 2.31. The Balaban J connectivity index is 1.44. The highest BCUT2D eigenvalue weighted by molar-refractivity contribution is 5.80. The minimum Gasteiger partial charge on any atom is -0.496 e. The second-order valence-electron chi connectivity index (χ2n) is 7.42. The number of carboxylic acids is 1. The van der Waals surface area contributed by atoms with Gasteiger partial charge in [0.25, 0.3) is 0 Å². The van der Waals surface area contributed by atoms with Crippen molar-refractivity contribution in [1.29, 1.82) is 0 Å². The molecule has 0 aliphatic heterocycles. The Kier molecular flexibility index (Phi) is 5.89. The molecule has 0 bridgehead atoms. The molecule has 0 amide bonds. The molecule has 0 aliphatic carbocycles. The predicted octanol–water partition coefficient (Wildman–Crippen LogP) is 5.07. The van der Waals surface area contributed by atoms with E-state index in [1.165, 1.54) is 5.56 Å². The van der Waals surface area contributed by atoms with Gasteiger partial charge in [-0.25, -0.2) is 0 Å². The molecular weight excluding hydrogens is 392 g/mol. The van der Waals surface area contributed by atoms with Crippen LogP contribution < -0.4 is 9.47 Å². The van der Waals surface area contributed by atoms with Crippen molar-refractivity contribution < 1.29 is 19.4 Å². The maximum absolute atomic E-state index is 10.8. The molecule has 0 saturated heterocycles. The molecule has 31 heavy (non-hydrogen) atoms. The van der Waals surface area contributed by atoms with Gasteiger partial charge in [0, 0.05) is 10.9 Å². The lowest BCUT2D eigenvalue weighted by Crippen LogP contribution is -2.05. The number of aryl methyl sites for hydroxylation is 2. The highest BCUT2D eigenvalue weighted by Gasteiger charge is 2.08. The number of aromatic nitrogens is 2. The fourth-order valence-electron chi connectivity index (χ4n) is 3.53. The zero-order valence-corrected chi connectivity index (χ0v) is 17.5. The summed E-state index contributed by atoms with van der Waals surface area (Å²) in [5, 5.41) is 14.1. The van der Waals surface area contributed by atoms with E-state index in [0.29, 0.717) is 13.2 Å². The first-order valence-electron chi connectivity index (χ1n) is 10.1. The first-order valence-corrected chi connectivity index (χ1v) is 10.1. The Hall–Kier alpha value is -3.80. The number of aliphatic carboxylic acids is 1. The predicted molar refractivity (Wildman–Crippen MR) is 119 cm³/mol. The molecule has 1 N–H and O–H groups in total. The molecule has 0 unspecified atom stereocenters. The summed E-state index contributed by atoms with van der Waals surface area (Å²) in [5.74, 6) is 0.761. The van der Waals surface area contributed by atoms with Gasteiger partial charge in [-0.1, -0.05) is 35.9 Å². The number of fused-ring (bicyclic) bond motifs is 1. The number of nitrogens with zero attached hydrogens (tertiary/aromatic N) is 2.